The minimum absolute atomic E-state index is 0.00648. The van der Waals surface area contributed by atoms with Crippen molar-refractivity contribution in [3.8, 4) is 11.9 Å². The van der Waals surface area contributed by atoms with E-state index in [1.165, 1.54) is 0 Å². The van der Waals surface area contributed by atoms with Gasteiger partial charge >= 0.3 is 0 Å². The van der Waals surface area contributed by atoms with Gasteiger partial charge in [-0.25, -0.2) is 4.99 Å². The molecule has 0 saturated carbocycles. The fourth-order valence-electron chi connectivity index (χ4n) is 3.77. The normalized spacial score (nSPS) is 19.8. The van der Waals surface area contributed by atoms with Crippen LogP contribution in [0.15, 0.2) is 29.3 Å². The number of amides is 2. The molecule has 1 aromatic rings. The number of nitrogens with one attached hydrogen (secondary N) is 2. The number of benzene rings is 1. The molecule has 3 rings (SSSR count). The molecule has 160 valence electrons. The van der Waals surface area contributed by atoms with Crippen molar-refractivity contribution in [3.05, 3.63) is 24.3 Å². The Morgan fingerprint density at radius 3 is 2.70 bits per heavy atom. The van der Waals surface area contributed by atoms with Crippen molar-refractivity contribution < 1.29 is 14.3 Å². The molecule has 2 saturated heterocycles. The molecule has 9 nitrogen and oxygen atoms in total. The van der Waals surface area contributed by atoms with E-state index in [2.05, 4.69) is 15.6 Å². The molecule has 2 N–H and O–H groups in total. The Bertz CT molecular complexity index is 828. The van der Waals surface area contributed by atoms with Gasteiger partial charge in [0, 0.05) is 19.6 Å². The fourth-order valence-corrected chi connectivity index (χ4v) is 3.77. The van der Waals surface area contributed by atoms with Gasteiger partial charge in [-0.1, -0.05) is 12.1 Å². The summed E-state index contributed by atoms with van der Waals surface area (Å²) in [6.45, 7) is 2.17. The number of aliphatic imine (C=N–C) groups is 1. The van der Waals surface area contributed by atoms with Crippen molar-refractivity contribution in [2.24, 2.45) is 4.99 Å². The van der Waals surface area contributed by atoms with E-state index in [4.69, 9.17) is 10.00 Å². The van der Waals surface area contributed by atoms with E-state index in [0.29, 0.717) is 24.4 Å². The van der Waals surface area contributed by atoms with Gasteiger partial charge in [-0.05, 0) is 44.2 Å². The highest BCUT2D eigenvalue weighted by molar-refractivity contribution is 5.98. The van der Waals surface area contributed by atoms with Crippen LogP contribution in [0.4, 0.5) is 5.69 Å². The lowest BCUT2D eigenvalue weighted by Crippen LogP contribution is -2.45. The van der Waals surface area contributed by atoms with E-state index in [1.807, 2.05) is 23.2 Å². The zero-order valence-electron chi connectivity index (χ0n) is 17.3. The lowest BCUT2D eigenvalue weighted by molar-refractivity contribution is -0.140. The zero-order valence-corrected chi connectivity index (χ0v) is 17.3. The van der Waals surface area contributed by atoms with Crippen LogP contribution in [0.25, 0.3) is 0 Å². The molecule has 2 aliphatic rings. The molecule has 0 aromatic heterocycles. The third-order valence-electron chi connectivity index (χ3n) is 5.36. The summed E-state index contributed by atoms with van der Waals surface area (Å²) in [4.78, 5) is 33.5. The van der Waals surface area contributed by atoms with Gasteiger partial charge in [0.15, 0.2) is 6.19 Å². The number of carbonyl (C=O) groups excluding carboxylic acids is 2. The highest BCUT2D eigenvalue weighted by Crippen LogP contribution is 2.23. The summed E-state index contributed by atoms with van der Waals surface area (Å²) in [7, 11) is 1.55. The van der Waals surface area contributed by atoms with Gasteiger partial charge in [-0.15, -0.1) is 0 Å². The number of hydrogen-bond acceptors (Lipinski definition) is 5. The van der Waals surface area contributed by atoms with Gasteiger partial charge in [0.25, 0.3) is 0 Å². The Hall–Kier alpha value is -3.28. The minimum Gasteiger partial charge on any atom is -0.495 e. The molecule has 2 fully saturated rings. The number of methoxy groups -OCH3 is 1. The molecule has 1 unspecified atom stereocenters. The molecule has 2 heterocycles. The monoisotopic (exact) mass is 412 g/mol. The summed E-state index contributed by atoms with van der Waals surface area (Å²) >= 11 is 0. The van der Waals surface area contributed by atoms with Crippen molar-refractivity contribution in [3.63, 3.8) is 0 Å². The zero-order chi connectivity index (χ0) is 21.3. The van der Waals surface area contributed by atoms with Gasteiger partial charge < -0.3 is 19.9 Å². The lowest BCUT2D eigenvalue weighted by Gasteiger charge is -2.25. The second kappa shape index (κ2) is 10.5. The highest BCUT2D eigenvalue weighted by atomic mass is 16.5. The molecule has 0 radical (unpaired) electrons. The van der Waals surface area contributed by atoms with Crippen molar-refractivity contribution in [1.29, 1.82) is 5.26 Å². The standard InChI is InChI=1S/C21H28N6O3/c1-30-18-10-3-2-8-16(18)24-21(23-15-22)25-17-9-4-5-13-27(20(17)29)14-19(28)26-11-6-7-12-26/h2-3,8,10,17H,4-7,9,11-14H2,1H3,(H2,23,24,25). The predicted octanol–water partition coefficient (Wildman–Crippen LogP) is 1.54. The first-order chi connectivity index (χ1) is 14.6. The van der Waals surface area contributed by atoms with Crippen LogP contribution in [0.2, 0.25) is 0 Å². The third kappa shape index (κ3) is 5.41. The average Bonchev–Trinajstić information content (AvgIpc) is 3.24. The van der Waals surface area contributed by atoms with Crippen molar-refractivity contribution >= 4 is 23.5 Å². The molecule has 2 aliphatic heterocycles. The summed E-state index contributed by atoms with van der Waals surface area (Å²) in [5.41, 5.74) is 0.628. The van der Waals surface area contributed by atoms with Crippen LogP contribution in [-0.4, -0.2) is 66.9 Å². The Morgan fingerprint density at radius 2 is 1.97 bits per heavy atom. The minimum atomic E-state index is -0.656. The van der Waals surface area contributed by atoms with Gasteiger partial charge in [-0.2, -0.15) is 5.26 Å². The number of nitriles is 1. The molecule has 9 heteroatoms. The molecule has 2 amide bonds. The summed E-state index contributed by atoms with van der Waals surface area (Å²) in [5, 5.41) is 14.7. The van der Waals surface area contributed by atoms with Crippen LogP contribution in [0, 0.1) is 11.5 Å². The first-order valence-electron chi connectivity index (χ1n) is 10.3. The number of anilines is 1. The van der Waals surface area contributed by atoms with Crippen LogP contribution >= 0.6 is 0 Å². The van der Waals surface area contributed by atoms with Crippen LogP contribution in [0.1, 0.15) is 32.1 Å². The summed E-state index contributed by atoms with van der Waals surface area (Å²) < 4.78 is 5.32. The summed E-state index contributed by atoms with van der Waals surface area (Å²) in [5.74, 6) is 0.579. The van der Waals surface area contributed by atoms with Gasteiger partial charge in [0.2, 0.25) is 17.8 Å². The van der Waals surface area contributed by atoms with Gasteiger partial charge in [-0.3, -0.25) is 14.9 Å². The molecule has 1 aromatic carbocycles. The maximum absolute atomic E-state index is 13.1. The SMILES string of the molecule is COc1ccccc1NC(=NC1CCCCN(CC(=O)N2CCCC2)C1=O)NC#N. The second-order valence-corrected chi connectivity index (χ2v) is 7.40. The number of likely N-dealkylation sites (tertiary alicyclic amines) is 2. The van der Waals surface area contributed by atoms with Gasteiger partial charge in [0.1, 0.15) is 11.8 Å². The Kier molecular flexibility index (Phi) is 7.49. The van der Waals surface area contributed by atoms with E-state index < -0.39 is 6.04 Å². The number of nitrogens with zero attached hydrogens (tertiary/aromatic N) is 4. The first kappa shape index (κ1) is 21.4. The topological polar surface area (TPSA) is 110 Å². The average molecular weight is 412 g/mol. The highest BCUT2D eigenvalue weighted by Gasteiger charge is 2.30. The molecule has 0 aliphatic carbocycles. The van der Waals surface area contributed by atoms with Gasteiger partial charge in [0.05, 0.1) is 19.3 Å². The Balaban J connectivity index is 1.74. The smallest absolute Gasteiger partial charge is 0.247 e. The molecule has 1 atom stereocenters. The van der Waals surface area contributed by atoms with E-state index in [-0.39, 0.29) is 24.3 Å². The van der Waals surface area contributed by atoms with E-state index in [1.54, 1.807) is 24.1 Å². The van der Waals surface area contributed by atoms with Crippen molar-refractivity contribution in [2.45, 2.75) is 38.1 Å². The third-order valence-corrected chi connectivity index (χ3v) is 5.36. The summed E-state index contributed by atoms with van der Waals surface area (Å²) in [6.07, 6.45) is 6.11. The maximum atomic E-state index is 13.1. The molecule has 30 heavy (non-hydrogen) atoms. The number of rotatable bonds is 5. The van der Waals surface area contributed by atoms with E-state index >= 15 is 0 Å². The van der Waals surface area contributed by atoms with Crippen LogP contribution in [-0.2, 0) is 9.59 Å². The Morgan fingerprint density at radius 1 is 1.23 bits per heavy atom. The quantitative estimate of drug-likeness (QED) is 0.329. The second-order valence-electron chi connectivity index (χ2n) is 7.40. The molecule has 0 spiro atoms. The van der Waals surface area contributed by atoms with Crippen LogP contribution < -0.4 is 15.4 Å². The Labute approximate surface area is 176 Å². The van der Waals surface area contributed by atoms with E-state index in [9.17, 15) is 9.59 Å². The fraction of sp³-hybridized carbons (Fsp3) is 0.524. The summed E-state index contributed by atoms with van der Waals surface area (Å²) in [6, 6.07) is 6.59. The number of para-hydroxylation sites is 2. The largest absolute Gasteiger partial charge is 0.495 e. The lowest BCUT2D eigenvalue weighted by atomic mass is 10.1. The number of carbonyl (C=O) groups is 2. The maximum Gasteiger partial charge on any atom is 0.247 e. The molecule has 0 bridgehead atoms. The number of guanidine groups is 1. The van der Waals surface area contributed by atoms with Crippen molar-refractivity contribution in [1.82, 2.24) is 15.1 Å². The van der Waals surface area contributed by atoms with Crippen LogP contribution in [0.5, 0.6) is 5.75 Å². The molecular formula is C21H28N6O3. The molecular weight excluding hydrogens is 384 g/mol. The first-order valence-corrected chi connectivity index (χ1v) is 10.3. The van der Waals surface area contributed by atoms with Crippen LogP contribution in [0.3, 0.4) is 0 Å². The predicted molar refractivity (Wildman–Crippen MR) is 113 cm³/mol. The number of hydrogen-bond donors (Lipinski definition) is 2. The van der Waals surface area contributed by atoms with Crippen molar-refractivity contribution in [2.75, 3.05) is 38.6 Å². The van der Waals surface area contributed by atoms with E-state index in [0.717, 1.165) is 38.8 Å². The number of ether oxygens (including phenoxy) is 1.